The lowest BCUT2D eigenvalue weighted by Crippen LogP contribution is -2.29. The summed E-state index contributed by atoms with van der Waals surface area (Å²) in [6, 6.07) is 8.87. The second-order valence-electron chi connectivity index (χ2n) is 7.74. The smallest absolute Gasteiger partial charge is 0.164 e. The van der Waals surface area contributed by atoms with E-state index in [1.54, 1.807) is 24.9 Å². The highest BCUT2D eigenvalue weighted by atomic mass is 32.2. The Bertz CT molecular complexity index is 1100. The molecule has 2 aliphatic heterocycles. The summed E-state index contributed by atoms with van der Waals surface area (Å²) in [5, 5.41) is 11.9. The molecule has 0 radical (unpaired) electrons. The molecular formula is C23H23FN2O2S. The number of fused-ring (bicyclic) bond motifs is 4. The van der Waals surface area contributed by atoms with Crippen molar-refractivity contribution in [2.45, 2.75) is 36.5 Å². The zero-order valence-electron chi connectivity index (χ0n) is 16.4. The van der Waals surface area contributed by atoms with Crippen molar-refractivity contribution in [1.82, 2.24) is 9.88 Å². The predicted molar refractivity (Wildman–Crippen MR) is 114 cm³/mol. The van der Waals surface area contributed by atoms with Gasteiger partial charge in [0.05, 0.1) is 18.3 Å². The highest BCUT2D eigenvalue weighted by molar-refractivity contribution is 7.98. The number of piperidine rings is 1. The number of rotatable bonds is 3. The average molecular weight is 411 g/mol. The number of aromatic nitrogens is 1. The van der Waals surface area contributed by atoms with Gasteiger partial charge in [-0.3, -0.25) is 4.90 Å². The molecule has 0 bridgehead atoms. The van der Waals surface area contributed by atoms with Crippen LogP contribution in [0.5, 0.6) is 11.5 Å². The van der Waals surface area contributed by atoms with E-state index in [0.29, 0.717) is 12.3 Å². The number of nitrogens with zero attached hydrogens (tertiary/aromatic N) is 2. The van der Waals surface area contributed by atoms with Gasteiger partial charge in [0.1, 0.15) is 5.82 Å². The van der Waals surface area contributed by atoms with Crippen LogP contribution in [0.15, 0.2) is 35.2 Å². The fraction of sp³-hybridized carbons (Fsp3) is 0.348. The van der Waals surface area contributed by atoms with E-state index in [1.807, 2.05) is 12.1 Å². The zero-order valence-corrected chi connectivity index (χ0v) is 17.2. The number of ether oxygens (including phenoxy) is 1. The minimum absolute atomic E-state index is 0.169. The first kappa shape index (κ1) is 18.7. The average Bonchev–Trinajstić information content (AvgIpc) is 2.75. The molecule has 1 saturated heterocycles. The van der Waals surface area contributed by atoms with Crippen LogP contribution >= 0.6 is 11.8 Å². The quantitative estimate of drug-likeness (QED) is 0.631. The SMILES string of the molecule is COc1cc2cc3c(nc2c(CN2CCCCC2)c1O)-c1ccc(F)cc1SC3. The number of phenols is 1. The zero-order chi connectivity index (χ0) is 20.0. The molecule has 0 saturated carbocycles. The lowest BCUT2D eigenvalue weighted by molar-refractivity contribution is 0.218. The van der Waals surface area contributed by atoms with E-state index < -0.39 is 0 Å². The third kappa shape index (κ3) is 3.34. The van der Waals surface area contributed by atoms with Crippen LogP contribution in [0.25, 0.3) is 22.2 Å². The number of hydrogen-bond acceptors (Lipinski definition) is 5. The maximum absolute atomic E-state index is 13.7. The number of benzene rings is 2. The Labute approximate surface area is 173 Å². The van der Waals surface area contributed by atoms with Gasteiger partial charge in [0, 0.05) is 33.7 Å². The molecule has 2 aliphatic rings. The van der Waals surface area contributed by atoms with Gasteiger partial charge >= 0.3 is 0 Å². The normalized spacial score (nSPS) is 16.5. The summed E-state index contributed by atoms with van der Waals surface area (Å²) >= 11 is 1.63. The van der Waals surface area contributed by atoms with Crippen molar-refractivity contribution in [1.29, 1.82) is 0 Å². The number of halogens is 1. The Kier molecular flexibility index (Phi) is 4.84. The topological polar surface area (TPSA) is 45.6 Å². The molecule has 29 heavy (non-hydrogen) atoms. The first-order valence-corrected chi connectivity index (χ1v) is 11.0. The first-order valence-electron chi connectivity index (χ1n) is 10.0. The maximum Gasteiger partial charge on any atom is 0.164 e. The van der Waals surface area contributed by atoms with E-state index in [4.69, 9.17) is 9.72 Å². The number of phenolic OH excluding ortho intramolecular Hbond substituents is 1. The third-order valence-corrected chi connectivity index (χ3v) is 6.96. The number of methoxy groups -OCH3 is 1. The van der Waals surface area contributed by atoms with Crippen LogP contribution in [0.3, 0.4) is 0 Å². The van der Waals surface area contributed by atoms with Gasteiger partial charge in [-0.2, -0.15) is 0 Å². The molecule has 0 spiro atoms. The molecule has 2 aromatic carbocycles. The van der Waals surface area contributed by atoms with Gasteiger partial charge in [-0.05, 0) is 61.8 Å². The van der Waals surface area contributed by atoms with E-state index in [0.717, 1.165) is 57.0 Å². The Balaban J connectivity index is 1.69. The molecule has 0 unspecified atom stereocenters. The molecule has 4 nitrogen and oxygen atoms in total. The Morgan fingerprint density at radius 3 is 2.79 bits per heavy atom. The largest absolute Gasteiger partial charge is 0.504 e. The van der Waals surface area contributed by atoms with Crippen molar-refractivity contribution in [2.75, 3.05) is 20.2 Å². The van der Waals surface area contributed by atoms with Gasteiger partial charge < -0.3 is 9.84 Å². The van der Waals surface area contributed by atoms with Gasteiger partial charge in [-0.15, -0.1) is 11.8 Å². The fourth-order valence-electron chi connectivity index (χ4n) is 4.35. The molecule has 5 rings (SSSR count). The molecule has 3 aromatic rings. The van der Waals surface area contributed by atoms with Crippen LogP contribution in [0.2, 0.25) is 0 Å². The summed E-state index contributed by atoms with van der Waals surface area (Å²) in [7, 11) is 1.58. The molecule has 1 fully saturated rings. The van der Waals surface area contributed by atoms with Crippen LogP contribution in [0.1, 0.15) is 30.4 Å². The number of pyridine rings is 1. The first-order chi connectivity index (χ1) is 14.1. The molecule has 0 aliphatic carbocycles. The number of thioether (sulfide) groups is 1. The number of likely N-dealkylation sites (tertiary alicyclic amines) is 1. The van der Waals surface area contributed by atoms with Crippen LogP contribution in [-0.4, -0.2) is 35.2 Å². The van der Waals surface area contributed by atoms with Crippen LogP contribution in [0.4, 0.5) is 4.39 Å². The standard InChI is InChI=1S/C23H23FN2O2S/c1-28-19-10-14-9-15-13-29-20-11-16(24)5-6-17(20)22(15)25-21(14)18(23(19)27)12-26-7-3-2-4-8-26/h5-6,9-11,27H,2-4,7-8,12-13H2,1H3. The number of hydrogen-bond donors (Lipinski definition) is 1. The van der Waals surface area contributed by atoms with Crippen LogP contribution < -0.4 is 4.74 Å². The van der Waals surface area contributed by atoms with Gasteiger partial charge in [-0.1, -0.05) is 6.42 Å². The Hall–Kier alpha value is -2.31. The molecule has 150 valence electrons. The molecule has 6 heteroatoms. The van der Waals surface area contributed by atoms with E-state index >= 15 is 0 Å². The second-order valence-corrected chi connectivity index (χ2v) is 8.76. The van der Waals surface area contributed by atoms with E-state index in [2.05, 4.69) is 11.0 Å². The summed E-state index contributed by atoms with van der Waals surface area (Å²) in [5.41, 5.74) is 4.58. The minimum atomic E-state index is -0.228. The van der Waals surface area contributed by atoms with Crippen LogP contribution in [-0.2, 0) is 12.3 Å². The van der Waals surface area contributed by atoms with Crippen molar-refractivity contribution in [2.24, 2.45) is 0 Å². The summed E-state index contributed by atoms with van der Waals surface area (Å²) in [5.74, 6) is 1.17. The predicted octanol–water partition coefficient (Wildman–Crippen LogP) is 5.35. The van der Waals surface area contributed by atoms with Crippen molar-refractivity contribution in [3.8, 4) is 22.8 Å². The van der Waals surface area contributed by atoms with Gasteiger partial charge in [0.15, 0.2) is 11.5 Å². The van der Waals surface area contributed by atoms with E-state index in [-0.39, 0.29) is 11.6 Å². The molecule has 3 heterocycles. The lowest BCUT2D eigenvalue weighted by Gasteiger charge is -2.27. The molecule has 1 N–H and O–H groups in total. The van der Waals surface area contributed by atoms with Crippen LogP contribution in [0, 0.1) is 5.82 Å². The van der Waals surface area contributed by atoms with Crippen molar-refractivity contribution in [3.63, 3.8) is 0 Å². The fourth-order valence-corrected chi connectivity index (χ4v) is 5.40. The summed E-state index contributed by atoms with van der Waals surface area (Å²) < 4.78 is 19.2. The van der Waals surface area contributed by atoms with Gasteiger partial charge in [-0.25, -0.2) is 9.37 Å². The second kappa shape index (κ2) is 7.50. The molecule has 0 amide bonds. The highest BCUT2D eigenvalue weighted by Gasteiger charge is 2.24. The Morgan fingerprint density at radius 2 is 2.00 bits per heavy atom. The Morgan fingerprint density at radius 1 is 1.17 bits per heavy atom. The minimum Gasteiger partial charge on any atom is -0.504 e. The van der Waals surface area contributed by atoms with Crippen molar-refractivity contribution < 1.29 is 14.2 Å². The van der Waals surface area contributed by atoms with Crippen molar-refractivity contribution >= 4 is 22.7 Å². The summed E-state index contributed by atoms with van der Waals surface area (Å²) in [6.07, 6.45) is 3.63. The van der Waals surface area contributed by atoms with E-state index in [9.17, 15) is 9.50 Å². The molecule has 0 atom stereocenters. The summed E-state index contributed by atoms with van der Waals surface area (Å²) in [4.78, 5) is 8.30. The summed E-state index contributed by atoms with van der Waals surface area (Å²) in [6.45, 7) is 2.71. The van der Waals surface area contributed by atoms with Gasteiger partial charge in [0.25, 0.3) is 0 Å². The molecule has 1 aromatic heterocycles. The van der Waals surface area contributed by atoms with E-state index in [1.165, 1.54) is 25.3 Å². The third-order valence-electron chi connectivity index (χ3n) is 5.85. The van der Waals surface area contributed by atoms with Crippen molar-refractivity contribution in [3.05, 3.63) is 47.3 Å². The van der Waals surface area contributed by atoms with Gasteiger partial charge in [0.2, 0.25) is 0 Å². The lowest BCUT2D eigenvalue weighted by atomic mass is 10.00. The number of aromatic hydroxyl groups is 1. The molecular weight excluding hydrogens is 387 g/mol. The maximum atomic E-state index is 13.7. The highest BCUT2D eigenvalue weighted by Crippen LogP contribution is 2.44. The monoisotopic (exact) mass is 410 g/mol.